The highest BCUT2D eigenvalue weighted by atomic mass is 35.5. The zero-order valence-electron chi connectivity index (χ0n) is 14.9. The average Bonchev–Trinajstić information content (AvgIpc) is 2.73. The number of hydrogen-bond acceptors (Lipinski definition) is 4. The van der Waals surface area contributed by atoms with E-state index in [1.807, 2.05) is 66.7 Å². The Labute approximate surface area is 166 Å². The fourth-order valence-corrected chi connectivity index (χ4v) is 3.81. The molecule has 1 aliphatic rings. The van der Waals surface area contributed by atoms with Crippen molar-refractivity contribution >= 4 is 28.3 Å². The summed E-state index contributed by atoms with van der Waals surface area (Å²) in [7, 11) is 0. The van der Waals surface area contributed by atoms with Crippen molar-refractivity contribution in [2.24, 2.45) is 0 Å². The Morgan fingerprint density at radius 3 is 2.61 bits per heavy atom. The van der Waals surface area contributed by atoms with Gasteiger partial charge in [0.2, 0.25) is 0 Å². The Kier molecular flexibility index (Phi) is 4.06. The third kappa shape index (κ3) is 2.92. The normalized spacial score (nSPS) is 13.2. The minimum Gasteiger partial charge on any atom is -0.473 e. The van der Waals surface area contributed by atoms with E-state index in [2.05, 4.69) is 4.90 Å². The van der Waals surface area contributed by atoms with Crippen molar-refractivity contribution in [3.05, 3.63) is 93.8 Å². The maximum absolute atomic E-state index is 12.3. The van der Waals surface area contributed by atoms with Crippen LogP contribution in [0.25, 0.3) is 22.1 Å². The van der Waals surface area contributed by atoms with Crippen molar-refractivity contribution in [3.63, 3.8) is 0 Å². The minimum atomic E-state index is -0.375. The van der Waals surface area contributed by atoms with Crippen molar-refractivity contribution in [2.45, 2.75) is 6.54 Å². The van der Waals surface area contributed by atoms with Gasteiger partial charge in [0.1, 0.15) is 11.3 Å². The number of anilines is 1. The molecular weight excluding hydrogens is 374 g/mol. The Balaban J connectivity index is 1.67. The number of hydrogen-bond donors (Lipinski definition) is 0. The van der Waals surface area contributed by atoms with E-state index in [-0.39, 0.29) is 5.63 Å². The molecule has 1 aliphatic heterocycles. The molecule has 4 aromatic rings. The van der Waals surface area contributed by atoms with Crippen LogP contribution in [0.2, 0.25) is 5.02 Å². The molecule has 0 N–H and O–H groups in total. The molecule has 5 heteroatoms. The highest BCUT2D eigenvalue weighted by Crippen LogP contribution is 2.37. The third-order valence-corrected chi connectivity index (χ3v) is 5.19. The molecule has 4 nitrogen and oxygen atoms in total. The van der Waals surface area contributed by atoms with Crippen molar-refractivity contribution in [3.8, 4) is 16.9 Å². The molecule has 1 aromatic heterocycles. The fraction of sp³-hybridized carbons (Fsp3) is 0.0870. The molecule has 138 valence electrons. The predicted octanol–water partition coefficient (Wildman–Crippen LogP) is 5.47. The minimum absolute atomic E-state index is 0.375. The molecule has 0 saturated heterocycles. The molecule has 0 atom stereocenters. The van der Waals surface area contributed by atoms with Gasteiger partial charge in [0, 0.05) is 22.2 Å². The van der Waals surface area contributed by atoms with Crippen molar-refractivity contribution in [1.82, 2.24) is 0 Å². The Morgan fingerprint density at radius 2 is 1.79 bits per heavy atom. The maximum atomic E-state index is 12.3. The lowest BCUT2D eigenvalue weighted by molar-refractivity contribution is 0.289. The van der Waals surface area contributed by atoms with Gasteiger partial charge >= 0.3 is 5.63 Å². The van der Waals surface area contributed by atoms with Crippen LogP contribution >= 0.6 is 11.6 Å². The Bertz CT molecular complexity index is 1230. The number of fused-ring (bicyclic) bond motifs is 3. The highest BCUT2D eigenvalue weighted by Gasteiger charge is 2.23. The lowest BCUT2D eigenvalue weighted by Gasteiger charge is -2.31. The number of benzene rings is 3. The highest BCUT2D eigenvalue weighted by molar-refractivity contribution is 6.30. The van der Waals surface area contributed by atoms with Gasteiger partial charge in [0.15, 0.2) is 6.73 Å². The van der Waals surface area contributed by atoms with Crippen LogP contribution in [0.1, 0.15) is 5.56 Å². The van der Waals surface area contributed by atoms with Crippen LogP contribution in [0.4, 0.5) is 5.69 Å². The summed E-state index contributed by atoms with van der Waals surface area (Å²) in [6.07, 6.45) is 0. The molecule has 0 aliphatic carbocycles. The van der Waals surface area contributed by atoms with Crippen molar-refractivity contribution in [1.29, 1.82) is 0 Å². The van der Waals surface area contributed by atoms with Gasteiger partial charge in [-0.2, -0.15) is 0 Å². The molecular formula is C23H16ClNO3. The molecule has 0 unspecified atom stereocenters. The van der Waals surface area contributed by atoms with Gasteiger partial charge in [0.05, 0.1) is 12.1 Å². The molecule has 0 saturated carbocycles. The summed E-state index contributed by atoms with van der Waals surface area (Å²) >= 11 is 6.14. The molecule has 0 spiro atoms. The van der Waals surface area contributed by atoms with Gasteiger partial charge in [-0.25, -0.2) is 4.79 Å². The largest absolute Gasteiger partial charge is 0.473 e. The van der Waals surface area contributed by atoms with Crippen LogP contribution in [-0.2, 0) is 6.54 Å². The zero-order chi connectivity index (χ0) is 19.1. The van der Waals surface area contributed by atoms with Crippen LogP contribution in [0, 0.1) is 0 Å². The number of halogens is 1. The molecule has 28 heavy (non-hydrogen) atoms. The molecule has 0 amide bonds. The molecule has 0 fully saturated rings. The number of rotatable bonds is 2. The van der Waals surface area contributed by atoms with E-state index in [1.54, 1.807) is 6.07 Å². The summed E-state index contributed by atoms with van der Waals surface area (Å²) in [5, 5.41) is 1.56. The fourth-order valence-electron chi connectivity index (χ4n) is 3.63. The van der Waals surface area contributed by atoms with E-state index in [1.165, 1.54) is 0 Å². The Hall–Kier alpha value is -3.24. The van der Waals surface area contributed by atoms with E-state index in [0.29, 0.717) is 23.9 Å². The third-order valence-electron chi connectivity index (χ3n) is 4.96. The van der Waals surface area contributed by atoms with Gasteiger partial charge in [-0.15, -0.1) is 0 Å². The first-order valence-electron chi connectivity index (χ1n) is 8.97. The smallest absolute Gasteiger partial charge is 0.336 e. The summed E-state index contributed by atoms with van der Waals surface area (Å²) in [5.41, 5.74) is 3.84. The topological polar surface area (TPSA) is 42.7 Å². The second kappa shape index (κ2) is 6.73. The summed E-state index contributed by atoms with van der Waals surface area (Å²) in [4.78, 5) is 14.4. The SMILES string of the molecule is O=c1cc(-c2ccccc2)c2ccc3c(c2o1)CN(c1cccc(Cl)c1)CO3. The van der Waals surface area contributed by atoms with Gasteiger partial charge < -0.3 is 14.1 Å². The van der Waals surface area contributed by atoms with E-state index in [0.717, 1.165) is 33.5 Å². The molecule has 0 radical (unpaired) electrons. The first-order chi connectivity index (χ1) is 13.7. The summed E-state index contributed by atoms with van der Waals surface area (Å²) < 4.78 is 11.6. The summed E-state index contributed by atoms with van der Waals surface area (Å²) in [5.74, 6) is 0.735. The van der Waals surface area contributed by atoms with E-state index >= 15 is 0 Å². The maximum Gasteiger partial charge on any atom is 0.336 e. The molecule has 5 rings (SSSR count). The second-order valence-corrected chi connectivity index (χ2v) is 7.15. The standard InChI is InChI=1S/C23H16ClNO3/c24-16-7-4-8-17(11-16)25-13-20-21(27-14-25)10-9-18-19(12-22(26)28-23(18)20)15-5-2-1-3-6-15/h1-12H,13-14H2. The summed E-state index contributed by atoms with van der Waals surface area (Å²) in [6.45, 7) is 0.968. The van der Waals surface area contributed by atoms with Crippen LogP contribution in [0.3, 0.4) is 0 Å². The zero-order valence-corrected chi connectivity index (χ0v) is 15.6. The predicted molar refractivity (Wildman–Crippen MR) is 111 cm³/mol. The number of nitrogens with zero attached hydrogens (tertiary/aromatic N) is 1. The Morgan fingerprint density at radius 1 is 0.929 bits per heavy atom. The van der Waals surface area contributed by atoms with Gasteiger partial charge in [-0.05, 0) is 41.5 Å². The van der Waals surface area contributed by atoms with E-state index in [9.17, 15) is 4.79 Å². The van der Waals surface area contributed by atoms with Crippen LogP contribution in [0.15, 0.2) is 82.0 Å². The molecule has 0 bridgehead atoms. The van der Waals surface area contributed by atoms with Crippen LogP contribution < -0.4 is 15.3 Å². The lowest BCUT2D eigenvalue weighted by atomic mass is 9.99. The average molecular weight is 390 g/mol. The van der Waals surface area contributed by atoms with Gasteiger partial charge in [-0.1, -0.05) is 48.0 Å². The van der Waals surface area contributed by atoms with E-state index < -0.39 is 0 Å². The molecule has 3 aromatic carbocycles. The van der Waals surface area contributed by atoms with Crippen molar-refractivity contribution in [2.75, 3.05) is 11.6 Å². The first-order valence-corrected chi connectivity index (χ1v) is 9.35. The van der Waals surface area contributed by atoms with Crippen LogP contribution in [-0.4, -0.2) is 6.73 Å². The molecule has 2 heterocycles. The second-order valence-electron chi connectivity index (χ2n) is 6.72. The van der Waals surface area contributed by atoms with Crippen molar-refractivity contribution < 1.29 is 9.15 Å². The quantitative estimate of drug-likeness (QED) is 0.426. The lowest BCUT2D eigenvalue weighted by Crippen LogP contribution is -2.32. The van der Waals surface area contributed by atoms with Crippen LogP contribution in [0.5, 0.6) is 5.75 Å². The van der Waals surface area contributed by atoms with E-state index in [4.69, 9.17) is 20.8 Å². The summed E-state index contributed by atoms with van der Waals surface area (Å²) in [6, 6.07) is 22.9. The first kappa shape index (κ1) is 16.9. The number of ether oxygens (including phenoxy) is 1. The van der Waals surface area contributed by atoms with Gasteiger partial charge in [0.25, 0.3) is 0 Å². The monoisotopic (exact) mass is 389 g/mol. The van der Waals surface area contributed by atoms with Gasteiger partial charge in [-0.3, -0.25) is 0 Å².